The average Bonchev–Trinajstić information content (AvgIpc) is 3.34. The Morgan fingerprint density at radius 2 is 1.97 bits per heavy atom. The second-order valence-electron chi connectivity index (χ2n) is 9.06. The van der Waals surface area contributed by atoms with Crippen LogP contribution in [-0.4, -0.2) is 59.5 Å². The smallest absolute Gasteiger partial charge is 0.177 e. The minimum absolute atomic E-state index is 0.0271. The summed E-state index contributed by atoms with van der Waals surface area (Å²) in [6, 6.07) is 5.44. The highest BCUT2D eigenvalue weighted by atomic mass is 32.2. The van der Waals surface area contributed by atoms with Crippen LogP contribution in [-0.2, 0) is 21.6 Å². The van der Waals surface area contributed by atoms with E-state index in [0.29, 0.717) is 41.3 Å². The summed E-state index contributed by atoms with van der Waals surface area (Å²) in [5.41, 5.74) is 4.77. The van der Waals surface area contributed by atoms with Crippen molar-refractivity contribution in [1.29, 1.82) is 0 Å². The van der Waals surface area contributed by atoms with Crippen LogP contribution in [0, 0.1) is 12.8 Å². The Morgan fingerprint density at radius 3 is 2.59 bits per heavy atom. The zero-order valence-corrected chi connectivity index (χ0v) is 20.9. The fourth-order valence-electron chi connectivity index (χ4n) is 5.26. The molecule has 0 amide bonds. The van der Waals surface area contributed by atoms with Gasteiger partial charge in [-0.15, -0.1) is 5.10 Å². The topological polar surface area (TPSA) is 101 Å². The Balaban J connectivity index is 1.90. The summed E-state index contributed by atoms with van der Waals surface area (Å²) < 4.78 is 41.0. The summed E-state index contributed by atoms with van der Waals surface area (Å²) in [4.78, 5) is 5.12. The molecule has 4 aromatic rings. The molecule has 10 heteroatoms. The third kappa shape index (κ3) is 3.56. The summed E-state index contributed by atoms with van der Waals surface area (Å²) in [5, 5.41) is 9.04. The van der Waals surface area contributed by atoms with Gasteiger partial charge in [-0.25, -0.2) is 13.1 Å². The average molecular weight is 484 g/mol. The van der Waals surface area contributed by atoms with Crippen molar-refractivity contribution in [2.75, 3.05) is 26.6 Å². The normalized spacial score (nSPS) is 16.4. The predicted molar refractivity (Wildman–Crippen MR) is 130 cm³/mol. The van der Waals surface area contributed by atoms with Gasteiger partial charge in [0.15, 0.2) is 9.84 Å². The maximum absolute atomic E-state index is 12.9. The Hall–Kier alpha value is -2.98. The molecule has 0 spiro atoms. The van der Waals surface area contributed by atoms with Crippen molar-refractivity contribution in [1.82, 2.24) is 24.5 Å². The summed E-state index contributed by atoms with van der Waals surface area (Å²) in [6.45, 7) is 5.48. The third-order valence-electron chi connectivity index (χ3n) is 6.95. The first-order valence-electron chi connectivity index (χ1n) is 11.4. The number of nitrogens with zero attached hydrogens (tertiary/aromatic N) is 5. The lowest BCUT2D eigenvalue weighted by atomic mass is 9.92. The van der Waals surface area contributed by atoms with E-state index in [2.05, 4.69) is 27.9 Å². The van der Waals surface area contributed by atoms with Crippen molar-refractivity contribution >= 4 is 31.8 Å². The van der Waals surface area contributed by atoms with Gasteiger partial charge in [0, 0.05) is 44.3 Å². The van der Waals surface area contributed by atoms with Gasteiger partial charge in [0.2, 0.25) is 0 Å². The molecule has 1 saturated heterocycles. The summed E-state index contributed by atoms with van der Waals surface area (Å²) in [6.07, 6.45) is 4.87. The number of sulfone groups is 1. The Morgan fingerprint density at radius 1 is 1.24 bits per heavy atom. The number of fused-ring (bicyclic) bond motifs is 3. The Labute approximate surface area is 198 Å². The highest BCUT2D eigenvalue weighted by Crippen LogP contribution is 2.43. The van der Waals surface area contributed by atoms with Gasteiger partial charge < -0.3 is 14.0 Å². The molecule has 34 heavy (non-hydrogen) atoms. The van der Waals surface area contributed by atoms with Crippen molar-refractivity contribution < 1.29 is 17.9 Å². The molecule has 0 bridgehead atoms. The second kappa shape index (κ2) is 8.35. The van der Waals surface area contributed by atoms with Crippen LogP contribution >= 0.6 is 0 Å². The van der Waals surface area contributed by atoms with Crippen LogP contribution in [0.15, 0.2) is 29.3 Å². The van der Waals surface area contributed by atoms with Crippen molar-refractivity contribution in [3.63, 3.8) is 0 Å². The molecular formula is C24H29N5O4S. The van der Waals surface area contributed by atoms with Crippen molar-refractivity contribution in [3.05, 3.63) is 30.1 Å². The molecule has 3 aromatic heterocycles. The molecule has 180 valence electrons. The van der Waals surface area contributed by atoms with Crippen molar-refractivity contribution in [3.8, 4) is 17.0 Å². The fraction of sp³-hybridized carbons (Fsp3) is 0.458. The molecule has 0 aliphatic carbocycles. The van der Waals surface area contributed by atoms with E-state index < -0.39 is 9.84 Å². The van der Waals surface area contributed by atoms with Gasteiger partial charge in [0.05, 0.1) is 45.3 Å². The standard InChI is InChI=1S/C24H29N5O4S/c1-14-23(28(3)27-26-14)17-12-18-22(25-13-17)21-19(32-4)6-7-20(34(5,30)31)24(21)29(18)15(2)16-8-10-33-11-9-16/h6-7,12-13,15-16H,8-11H2,1-5H3/t15-/m1/s1. The van der Waals surface area contributed by atoms with Gasteiger partial charge in [-0.05, 0) is 50.8 Å². The van der Waals surface area contributed by atoms with Crippen LogP contribution in [0.2, 0.25) is 0 Å². The van der Waals surface area contributed by atoms with Crippen LogP contribution < -0.4 is 4.74 Å². The molecule has 0 saturated carbocycles. The van der Waals surface area contributed by atoms with Crippen LogP contribution in [0.5, 0.6) is 5.75 Å². The number of ether oxygens (including phenoxy) is 2. The van der Waals surface area contributed by atoms with Gasteiger partial charge in [0.25, 0.3) is 0 Å². The molecule has 0 radical (unpaired) electrons. The molecule has 0 N–H and O–H groups in total. The first kappa shape index (κ1) is 22.8. The Kier molecular flexibility index (Phi) is 5.60. The predicted octanol–water partition coefficient (Wildman–Crippen LogP) is 3.69. The number of aryl methyl sites for hydroxylation is 2. The highest BCUT2D eigenvalue weighted by Gasteiger charge is 2.30. The van der Waals surface area contributed by atoms with E-state index in [0.717, 1.165) is 35.3 Å². The zero-order valence-electron chi connectivity index (χ0n) is 20.1. The summed E-state index contributed by atoms with van der Waals surface area (Å²) in [7, 11) is -0.0606. The van der Waals surface area contributed by atoms with Crippen LogP contribution in [0.25, 0.3) is 33.2 Å². The highest BCUT2D eigenvalue weighted by molar-refractivity contribution is 7.91. The van der Waals surface area contributed by atoms with E-state index in [9.17, 15) is 8.42 Å². The summed E-state index contributed by atoms with van der Waals surface area (Å²) >= 11 is 0. The number of hydrogen-bond donors (Lipinski definition) is 0. The van der Waals surface area contributed by atoms with Crippen LogP contribution in [0.1, 0.15) is 31.5 Å². The van der Waals surface area contributed by atoms with E-state index in [1.165, 1.54) is 6.26 Å². The van der Waals surface area contributed by atoms with Gasteiger partial charge in [-0.1, -0.05) is 5.21 Å². The van der Waals surface area contributed by atoms with Gasteiger partial charge >= 0.3 is 0 Å². The second-order valence-corrected chi connectivity index (χ2v) is 11.0. The van der Waals surface area contributed by atoms with Gasteiger partial charge in [0.1, 0.15) is 5.75 Å². The lowest BCUT2D eigenvalue weighted by molar-refractivity contribution is 0.0524. The van der Waals surface area contributed by atoms with Crippen LogP contribution in [0.4, 0.5) is 0 Å². The maximum atomic E-state index is 12.9. The molecular weight excluding hydrogens is 454 g/mol. The minimum atomic E-state index is -3.51. The van der Waals surface area contributed by atoms with Crippen molar-refractivity contribution in [2.24, 2.45) is 13.0 Å². The van der Waals surface area contributed by atoms with Crippen molar-refractivity contribution in [2.45, 2.75) is 37.6 Å². The van der Waals surface area contributed by atoms with Gasteiger partial charge in [-0.3, -0.25) is 4.98 Å². The molecule has 1 aromatic carbocycles. The fourth-order valence-corrected chi connectivity index (χ4v) is 6.13. The SMILES string of the molecule is COc1ccc(S(C)(=O)=O)c2c1c1ncc(-c3c(C)nnn3C)cc1n2[C@H](C)C1CCOCC1. The molecule has 0 unspecified atom stereocenters. The first-order chi connectivity index (χ1) is 16.2. The zero-order chi connectivity index (χ0) is 24.2. The number of pyridine rings is 1. The number of rotatable bonds is 5. The lowest BCUT2D eigenvalue weighted by Crippen LogP contribution is -2.24. The first-order valence-corrected chi connectivity index (χ1v) is 13.3. The molecule has 1 atom stereocenters. The lowest BCUT2D eigenvalue weighted by Gasteiger charge is -2.30. The molecule has 1 aliphatic heterocycles. The van der Waals surface area contributed by atoms with E-state index >= 15 is 0 Å². The van der Waals surface area contributed by atoms with E-state index in [4.69, 9.17) is 14.5 Å². The maximum Gasteiger partial charge on any atom is 0.177 e. The Bertz CT molecular complexity index is 1480. The van der Waals surface area contributed by atoms with Crippen LogP contribution in [0.3, 0.4) is 0 Å². The number of hydrogen-bond acceptors (Lipinski definition) is 7. The quantitative estimate of drug-likeness (QED) is 0.427. The van der Waals surface area contributed by atoms with Gasteiger partial charge in [-0.2, -0.15) is 0 Å². The number of methoxy groups -OCH3 is 1. The molecule has 5 rings (SSSR count). The number of aromatic nitrogens is 5. The monoisotopic (exact) mass is 483 g/mol. The summed E-state index contributed by atoms with van der Waals surface area (Å²) in [5.74, 6) is 0.943. The number of benzene rings is 1. The largest absolute Gasteiger partial charge is 0.496 e. The van der Waals surface area contributed by atoms with E-state index in [-0.39, 0.29) is 10.9 Å². The minimum Gasteiger partial charge on any atom is -0.496 e. The van der Waals surface area contributed by atoms with E-state index in [1.807, 2.05) is 14.0 Å². The van der Waals surface area contributed by atoms with E-state index in [1.54, 1.807) is 30.1 Å². The molecule has 1 aliphatic rings. The molecule has 1 fully saturated rings. The molecule has 4 heterocycles. The molecule has 9 nitrogen and oxygen atoms in total. The third-order valence-corrected chi connectivity index (χ3v) is 8.08.